The number of aliphatic carboxylic acids is 1. The van der Waals surface area contributed by atoms with E-state index in [2.05, 4.69) is 37.0 Å². The highest BCUT2D eigenvalue weighted by molar-refractivity contribution is 7.16. The van der Waals surface area contributed by atoms with Crippen molar-refractivity contribution in [2.24, 2.45) is 0 Å². The molecule has 2 aliphatic rings. The number of thiazole rings is 1. The summed E-state index contributed by atoms with van der Waals surface area (Å²) in [6.07, 6.45) is 0.630. The number of nitrogens with zero attached hydrogens (tertiary/aromatic N) is 6. The Hall–Kier alpha value is -3.62. The van der Waals surface area contributed by atoms with Gasteiger partial charge in [0.25, 0.3) is 5.91 Å². The second-order valence-electron chi connectivity index (χ2n) is 11.0. The Kier molecular flexibility index (Phi) is 11.5. The zero-order chi connectivity index (χ0) is 32.7. The normalized spacial score (nSPS) is 17.6. The maximum absolute atomic E-state index is 13.6. The number of benzene rings is 1. The molecule has 3 aromatic rings. The molecule has 2 saturated heterocycles. The number of carboxylic acids is 1. The third-order valence-corrected chi connectivity index (χ3v) is 8.80. The van der Waals surface area contributed by atoms with E-state index < -0.39 is 23.6 Å². The molecule has 14 heteroatoms. The van der Waals surface area contributed by atoms with Crippen molar-refractivity contribution in [2.75, 3.05) is 49.5 Å². The van der Waals surface area contributed by atoms with Gasteiger partial charge in [-0.15, -0.1) is 0 Å². The summed E-state index contributed by atoms with van der Waals surface area (Å²) in [6, 6.07) is 4.25. The number of aryl methyl sites for hydroxylation is 1. The van der Waals surface area contributed by atoms with E-state index in [0.29, 0.717) is 67.9 Å². The molecule has 10 nitrogen and oxygen atoms in total. The standard InChI is InChI=1S/C29H34F3N7O3S.C2H6/c1-18-12-20(14-21(13-18)29(30,31)32)26-23(17-39-6-3-4-19(39)2)43-28(35-26)36-27(42)22-15-34-24(16-33-22)38-10-8-37(9-11-38)7-5-25(40)41;1-2/h12-16,19H,3-11,17H2,1-2H3,(H,40,41)(H,35,36,42);1-2H3. The number of likely N-dealkylation sites (tertiary alicyclic amines) is 1. The molecule has 2 fully saturated rings. The molecule has 1 amide bonds. The van der Waals surface area contributed by atoms with Crippen LogP contribution >= 0.6 is 11.3 Å². The average molecular weight is 648 g/mol. The van der Waals surface area contributed by atoms with Crippen molar-refractivity contribution in [1.29, 1.82) is 0 Å². The fourth-order valence-electron chi connectivity index (χ4n) is 5.45. The molecule has 0 radical (unpaired) electrons. The molecule has 244 valence electrons. The Morgan fingerprint density at radius 2 is 1.80 bits per heavy atom. The van der Waals surface area contributed by atoms with E-state index in [-0.39, 0.29) is 17.2 Å². The molecule has 1 unspecified atom stereocenters. The van der Waals surface area contributed by atoms with E-state index in [1.165, 1.54) is 23.7 Å². The SMILES string of the molecule is CC.Cc1cc(-c2nc(NC(=O)c3cnc(N4CCN(CCC(=O)O)CC4)cn3)sc2CN2CCCC2C)cc(C(F)(F)F)c1. The lowest BCUT2D eigenvalue weighted by Crippen LogP contribution is -2.47. The molecular formula is C31H40F3N7O3S. The van der Waals surface area contributed by atoms with Crippen LogP contribution in [0.15, 0.2) is 30.6 Å². The van der Waals surface area contributed by atoms with Crippen LogP contribution in [0.5, 0.6) is 0 Å². The van der Waals surface area contributed by atoms with Crippen molar-refractivity contribution in [3.63, 3.8) is 0 Å². The monoisotopic (exact) mass is 647 g/mol. The quantitative estimate of drug-likeness (QED) is 0.298. The van der Waals surface area contributed by atoms with E-state index in [1.54, 1.807) is 13.0 Å². The molecule has 2 aliphatic heterocycles. The molecule has 0 saturated carbocycles. The van der Waals surface area contributed by atoms with Crippen LogP contribution in [-0.2, 0) is 17.5 Å². The maximum atomic E-state index is 13.6. The van der Waals surface area contributed by atoms with Crippen LogP contribution in [0.3, 0.4) is 0 Å². The first kappa shape index (κ1) is 34.3. The van der Waals surface area contributed by atoms with E-state index in [4.69, 9.17) is 5.11 Å². The fourth-order valence-corrected chi connectivity index (χ4v) is 6.46. The number of carbonyl (C=O) groups excluding carboxylic acids is 1. The predicted molar refractivity (Wildman–Crippen MR) is 169 cm³/mol. The first-order valence-corrected chi connectivity index (χ1v) is 16.0. The summed E-state index contributed by atoms with van der Waals surface area (Å²) in [5.41, 5.74) is 0.612. The van der Waals surface area contributed by atoms with Gasteiger partial charge < -0.3 is 10.0 Å². The minimum Gasteiger partial charge on any atom is -0.481 e. The smallest absolute Gasteiger partial charge is 0.416 e. The minimum atomic E-state index is -4.49. The molecule has 2 N–H and O–H groups in total. The van der Waals surface area contributed by atoms with Crippen molar-refractivity contribution in [3.8, 4) is 11.3 Å². The summed E-state index contributed by atoms with van der Waals surface area (Å²) in [6.45, 7) is 12.4. The molecule has 5 rings (SSSR count). The number of carbonyl (C=O) groups is 2. The highest BCUT2D eigenvalue weighted by atomic mass is 32.1. The van der Waals surface area contributed by atoms with Gasteiger partial charge in [-0.3, -0.25) is 24.7 Å². The highest BCUT2D eigenvalue weighted by Gasteiger charge is 2.32. The van der Waals surface area contributed by atoms with Gasteiger partial charge in [-0.05, 0) is 57.0 Å². The summed E-state index contributed by atoms with van der Waals surface area (Å²) in [7, 11) is 0. The molecule has 1 aromatic carbocycles. The molecule has 0 aliphatic carbocycles. The van der Waals surface area contributed by atoms with Gasteiger partial charge in [0.2, 0.25) is 0 Å². The van der Waals surface area contributed by atoms with Crippen LogP contribution in [0.1, 0.15) is 66.5 Å². The van der Waals surface area contributed by atoms with Crippen molar-refractivity contribution in [1.82, 2.24) is 24.8 Å². The van der Waals surface area contributed by atoms with Gasteiger partial charge in [0.05, 0.1) is 30.1 Å². The Morgan fingerprint density at radius 1 is 1.07 bits per heavy atom. The van der Waals surface area contributed by atoms with Crippen molar-refractivity contribution < 1.29 is 27.9 Å². The topological polar surface area (TPSA) is 115 Å². The van der Waals surface area contributed by atoms with Gasteiger partial charge in [0.15, 0.2) is 5.13 Å². The lowest BCUT2D eigenvalue weighted by Gasteiger charge is -2.34. The van der Waals surface area contributed by atoms with Crippen molar-refractivity contribution in [3.05, 3.63) is 52.3 Å². The number of piperazine rings is 1. The van der Waals surface area contributed by atoms with Gasteiger partial charge in [-0.2, -0.15) is 13.2 Å². The van der Waals surface area contributed by atoms with Crippen molar-refractivity contribution in [2.45, 2.75) is 65.7 Å². The number of halogens is 3. The number of aromatic nitrogens is 3. The summed E-state index contributed by atoms with van der Waals surface area (Å²) >= 11 is 1.25. The number of alkyl halides is 3. The van der Waals surface area contributed by atoms with Gasteiger partial charge in [-0.1, -0.05) is 25.2 Å². The van der Waals surface area contributed by atoms with E-state index in [9.17, 15) is 22.8 Å². The third kappa shape index (κ3) is 8.98. The van der Waals surface area contributed by atoms with Crippen LogP contribution in [-0.4, -0.2) is 87.0 Å². The zero-order valence-electron chi connectivity index (χ0n) is 26.0. The van der Waals surface area contributed by atoms with Gasteiger partial charge in [0, 0.05) is 55.8 Å². The van der Waals surface area contributed by atoms with Gasteiger partial charge in [-0.25, -0.2) is 15.0 Å². The molecule has 4 heterocycles. The summed E-state index contributed by atoms with van der Waals surface area (Å²) in [5.74, 6) is -0.716. The van der Waals surface area contributed by atoms with Crippen LogP contribution in [0.25, 0.3) is 11.3 Å². The first-order chi connectivity index (χ1) is 21.5. The van der Waals surface area contributed by atoms with Crippen LogP contribution in [0.4, 0.5) is 24.1 Å². The van der Waals surface area contributed by atoms with Crippen molar-refractivity contribution >= 4 is 34.2 Å². The van der Waals surface area contributed by atoms with Crippen LogP contribution in [0, 0.1) is 6.92 Å². The number of amides is 1. The third-order valence-electron chi connectivity index (χ3n) is 7.84. The average Bonchev–Trinajstić information content (AvgIpc) is 3.61. The van der Waals surface area contributed by atoms with E-state index >= 15 is 0 Å². The second-order valence-corrected chi connectivity index (χ2v) is 12.1. The lowest BCUT2D eigenvalue weighted by atomic mass is 10.0. The molecular weight excluding hydrogens is 607 g/mol. The number of rotatable bonds is 9. The largest absolute Gasteiger partial charge is 0.481 e. The minimum absolute atomic E-state index is 0.0882. The van der Waals surface area contributed by atoms with E-state index in [1.807, 2.05) is 18.7 Å². The van der Waals surface area contributed by atoms with Crippen LogP contribution in [0.2, 0.25) is 0 Å². The Labute approximate surface area is 265 Å². The molecule has 1 atom stereocenters. The Bertz CT molecular complexity index is 1460. The molecule has 2 aromatic heterocycles. The predicted octanol–water partition coefficient (Wildman–Crippen LogP) is 5.79. The highest BCUT2D eigenvalue weighted by Crippen LogP contribution is 2.38. The fraction of sp³-hybridized carbons (Fsp3) is 0.516. The first-order valence-electron chi connectivity index (χ1n) is 15.2. The summed E-state index contributed by atoms with van der Waals surface area (Å²) in [4.78, 5) is 44.4. The number of hydrogen-bond donors (Lipinski definition) is 2. The summed E-state index contributed by atoms with van der Waals surface area (Å²) < 4.78 is 40.8. The second kappa shape index (κ2) is 15.1. The molecule has 0 bridgehead atoms. The summed E-state index contributed by atoms with van der Waals surface area (Å²) in [5, 5.41) is 11.9. The molecule has 0 spiro atoms. The lowest BCUT2D eigenvalue weighted by molar-refractivity contribution is -0.138. The zero-order valence-corrected chi connectivity index (χ0v) is 26.8. The number of nitrogens with one attached hydrogen (secondary N) is 1. The van der Waals surface area contributed by atoms with Gasteiger partial charge >= 0.3 is 12.1 Å². The number of anilines is 2. The van der Waals surface area contributed by atoms with E-state index in [0.717, 1.165) is 36.4 Å². The Morgan fingerprint density at radius 3 is 2.40 bits per heavy atom. The van der Waals surface area contributed by atoms with Gasteiger partial charge in [0.1, 0.15) is 11.5 Å². The maximum Gasteiger partial charge on any atom is 0.416 e. The van der Waals surface area contributed by atoms with Crippen LogP contribution < -0.4 is 10.2 Å². The Balaban J connectivity index is 0.00000226. The molecule has 45 heavy (non-hydrogen) atoms. The number of hydrogen-bond acceptors (Lipinski definition) is 9. The number of carboxylic acid groups (broad SMARTS) is 1.